The Morgan fingerprint density at radius 3 is 2.88 bits per heavy atom. The molecule has 0 spiro atoms. The molecule has 2 aromatic rings. The van der Waals surface area contributed by atoms with Gasteiger partial charge in [-0.15, -0.1) is 0 Å². The van der Waals surface area contributed by atoms with Crippen molar-refractivity contribution in [1.82, 2.24) is 24.7 Å². The van der Waals surface area contributed by atoms with Crippen molar-refractivity contribution in [2.75, 3.05) is 12.4 Å². The molecule has 6 heteroatoms. The van der Waals surface area contributed by atoms with Gasteiger partial charge in [0.15, 0.2) is 5.82 Å². The van der Waals surface area contributed by atoms with Crippen molar-refractivity contribution in [2.45, 2.75) is 19.8 Å². The van der Waals surface area contributed by atoms with Gasteiger partial charge in [-0.05, 0) is 6.42 Å². The number of nitrogens with one attached hydrogen (secondary N) is 1. The van der Waals surface area contributed by atoms with Crippen LogP contribution in [0.3, 0.4) is 0 Å². The van der Waals surface area contributed by atoms with Crippen molar-refractivity contribution in [3.05, 3.63) is 24.5 Å². The molecule has 0 amide bonds. The maximum atomic E-state index is 4.42. The molecule has 2 heterocycles. The second-order valence-electron chi connectivity index (χ2n) is 3.37. The standard InChI is InChI=1S/C10H14N6/c1-3-4-8-14-9(11-2)5-10(15-8)16-7-12-6-13-16/h5-7H,3-4H2,1-2H3,(H,11,14,15). The van der Waals surface area contributed by atoms with Gasteiger partial charge in [-0.3, -0.25) is 0 Å². The first kappa shape index (κ1) is 10.5. The second kappa shape index (κ2) is 4.69. The summed E-state index contributed by atoms with van der Waals surface area (Å²) in [5.41, 5.74) is 0. The van der Waals surface area contributed by atoms with E-state index in [0.717, 1.165) is 30.3 Å². The Morgan fingerprint density at radius 1 is 1.38 bits per heavy atom. The van der Waals surface area contributed by atoms with E-state index >= 15 is 0 Å². The summed E-state index contributed by atoms with van der Waals surface area (Å²) in [5, 5.41) is 7.07. The average Bonchev–Trinajstić information content (AvgIpc) is 2.82. The highest BCUT2D eigenvalue weighted by molar-refractivity contribution is 5.40. The number of anilines is 1. The zero-order valence-electron chi connectivity index (χ0n) is 9.38. The van der Waals surface area contributed by atoms with Gasteiger partial charge in [0.05, 0.1) is 0 Å². The van der Waals surface area contributed by atoms with E-state index in [2.05, 4.69) is 32.3 Å². The van der Waals surface area contributed by atoms with E-state index in [-0.39, 0.29) is 0 Å². The van der Waals surface area contributed by atoms with Gasteiger partial charge in [0.2, 0.25) is 0 Å². The van der Waals surface area contributed by atoms with Crippen molar-refractivity contribution < 1.29 is 0 Å². The number of rotatable bonds is 4. The van der Waals surface area contributed by atoms with Crippen LogP contribution in [0.5, 0.6) is 0 Å². The molecule has 0 aliphatic carbocycles. The maximum Gasteiger partial charge on any atom is 0.160 e. The van der Waals surface area contributed by atoms with Gasteiger partial charge in [-0.25, -0.2) is 19.6 Å². The van der Waals surface area contributed by atoms with Gasteiger partial charge in [0.25, 0.3) is 0 Å². The largest absolute Gasteiger partial charge is 0.373 e. The minimum atomic E-state index is 0.736. The first-order valence-electron chi connectivity index (χ1n) is 5.24. The summed E-state index contributed by atoms with van der Waals surface area (Å²) in [5.74, 6) is 2.35. The lowest BCUT2D eigenvalue weighted by Gasteiger charge is -2.06. The van der Waals surface area contributed by atoms with Crippen LogP contribution < -0.4 is 5.32 Å². The molecule has 0 fully saturated rings. The Balaban J connectivity index is 2.41. The van der Waals surface area contributed by atoms with Crippen LogP contribution in [-0.4, -0.2) is 31.8 Å². The van der Waals surface area contributed by atoms with Crippen molar-refractivity contribution >= 4 is 5.82 Å². The van der Waals surface area contributed by atoms with Gasteiger partial charge in [0, 0.05) is 19.5 Å². The SMILES string of the molecule is CCCc1nc(NC)cc(-n2cncn2)n1. The maximum absolute atomic E-state index is 4.42. The van der Waals surface area contributed by atoms with E-state index < -0.39 is 0 Å². The van der Waals surface area contributed by atoms with Crippen LogP contribution in [0.15, 0.2) is 18.7 Å². The number of hydrogen-bond acceptors (Lipinski definition) is 5. The third-order valence-electron chi connectivity index (χ3n) is 2.14. The summed E-state index contributed by atoms with van der Waals surface area (Å²) in [7, 11) is 1.84. The predicted octanol–water partition coefficient (Wildman–Crippen LogP) is 1.05. The highest BCUT2D eigenvalue weighted by Gasteiger charge is 2.05. The van der Waals surface area contributed by atoms with Crippen LogP contribution in [0.1, 0.15) is 19.2 Å². The first-order chi connectivity index (χ1) is 7.83. The van der Waals surface area contributed by atoms with Crippen molar-refractivity contribution in [2.24, 2.45) is 0 Å². The molecule has 0 aromatic carbocycles. The van der Waals surface area contributed by atoms with Crippen LogP contribution in [0.25, 0.3) is 5.82 Å². The van der Waals surface area contributed by atoms with E-state index in [1.54, 1.807) is 11.0 Å². The molecule has 0 saturated carbocycles. The molecule has 0 aliphatic rings. The molecule has 84 valence electrons. The Kier molecular flexibility index (Phi) is 3.09. The fourth-order valence-electron chi connectivity index (χ4n) is 1.39. The molecule has 2 aromatic heterocycles. The number of aromatic nitrogens is 5. The number of aryl methyl sites for hydroxylation is 1. The van der Waals surface area contributed by atoms with E-state index in [0.29, 0.717) is 0 Å². The lowest BCUT2D eigenvalue weighted by molar-refractivity contribution is 0.785. The van der Waals surface area contributed by atoms with Crippen LogP contribution in [0.2, 0.25) is 0 Å². The fourth-order valence-corrected chi connectivity index (χ4v) is 1.39. The first-order valence-corrected chi connectivity index (χ1v) is 5.24. The van der Waals surface area contributed by atoms with Crippen molar-refractivity contribution in [1.29, 1.82) is 0 Å². The van der Waals surface area contributed by atoms with Gasteiger partial charge in [-0.1, -0.05) is 6.92 Å². The topological polar surface area (TPSA) is 68.5 Å². The summed E-state index contributed by atoms with van der Waals surface area (Å²) in [4.78, 5) is 12.7. The molecule has 0 saturated heterocycles. The number of hydrogen-bond donors (Lipinski definition) is 1. The quantitative estimate of drug-likeness (QED) is 0.830. The van der Waals surface area contributed by atoms with E-state index in [9.17, 15) is 0 Å². The molecule has 1 N–H and O–H groups in total. The lowest BCUT2D eigenvalue weighted by Crippen LogP contribution is -2.06. The van der Waals surface area contributed by atoms with Crippen LogP contribution >= 0.6 is 0 Å². The zero-order valence-corrected chi connectivity index (χ0v) is 9.38. The van der Waals surface area contributed by atoms with Gasteiger partial charge < -0.3 is 5.32 Å². The van der Waals surface area contributed by atoms with E-state index in [1.807, 2.05) is 13.1 Å². The minimum absolute atomic E-state index is 0.736. The predicted molar refractivity (Wildman–Crippen MR) is 60.5 cm³/mol. The lowest BCUT2D eigenvalue weighted by atomic mass is 10.3. The molecule has 16 heavy (non-hydrogen) atoms. The Bertz CT molecular complexity index is 450. The summed E-state index contributed by atoms with van der Waals surface area (Å²) in [6, 6.07) is 1.84. The third kappa shape index (κ3) is 2.16. The minimum Gasteiger partial charge on any atom is -0.373 e. The van der Waals surface area contributed by atoms with Crippen molar-refractivity contribution in [3.63, 3.8) is 0 Å². The molecule has 0 atom stereocenters. The van der Waals surface area contributed by atoms with Crippen LogP contribution in [0.4, 0.5) is 5.82 Å². The molecule has 0 aliphatic heterocycles. The van der Waals surface area contributed by atoms with Gasteiger partial charge in [0.1, 0.15) is 24.3 Å². The molecule has 0 bridgehead atoms. The smallest absolute Gasteiger partial charge is 0.160 e. The molecule has 0 radical (unpaired) electrons. The fraction of sp³-hybridized carbons (Fsp3) is 0.400. The van der Waals surface area contributed by atoms with Gasteiger partial charge >= 0.3 is 0 Å². The summed E-state index contributed by atoms with van der Waals surface area (Å²) in [6.07, 6.45) is 4.99. The summed E-state index contributed by atoms with van der Waals surface area (Å²) in [6.45, 7) is 2.10. The average molecular weight is 218 g/mol. The van der Waals surface area contributed by atoms with Gasteiger partial charge in [-0.2, -0.15) is 5.10 Å². The highest BCUT2D eigenvalue weighted by atomic mass is 15.3. The number of nitrogens with zero attached hydrogens (tertiary/aromatic N) is 5. The van der Waals surface area contributed by atoms with E-state index in [4.69, 9.17) is 0 Å². The molecular formula is C10H14N6. The Morgan fingerprint density at radius 2 is 2.25 bits per heavy atom. The summed E-state index contributed by atoms with van der Waals surface area (Å²) >= 11 is 0. The monoisotopic (exact) mass is 218 g/mol. The third-order valence-corrected chi connectivity index (χ3v) is 2.14. The second-order valence-corrected chi connectivity index (χ2v) is 3.37. The van der Waals surface area contributed by atoms with Crippen LogP contribution in [0, 0.1) is 0 Å². The molecular weight excluding hydrogens is 204 g/mol. The molecule has 6 nitrogen and oxygen atoms in total. The molecule has 0 unspecified atom stereocenters. The van der Waals surface area contributed by atoms with E-state index in [1.165, 1.54) is 6.33 Å². The zero-order chi connectivity index (χ0) is 11.4. The Labute approximate surface area is 93.8 Å². The molecule has 2 rings (SSSR count). The normalized spacial score (nSPS) is 10.4. The van der Waals surface area contributed by atoms with Crippen molar-refractivity contribution in [3.8, 4) is 5.82 Å². The summed E-state index contributed by atoms with van der Waals surface area (Å²) < 4.78 is 1.63. The van der Waals surface area contributed by atoms with Crippen LogP contribution in [-0.2, 0) is 6.42 Å². The Hall–Kier alpha value is -1.98. The highest BCUT2D eigenvalue weighted by Crippen LogP contribution is 2.10.